The summed E-state index contributed by atoms with van der Waals surface area (Å²) in [5.74, 6) is 0.430. The maximum absolute atomic E-state index is 11.9. The van der Waals surface area contributed by atoms with Gasteiger partial charge in [0, 0.05) is 35.0 Å². The number of aryl methyl sites for hydroxylation is 1. The standard InChI is InChI=1S/C15H19N3O2S2/c1-10-6-4-5-7-12(10)13-8-16-15(21-13)18-14(19)17-11(2)9-22(3)20/h4-8,11H,9H2,1-3H3,(H2,16,17,18,19)/t11-,22-/m1/s1. The van der Waals surface area contributed by atoms with Crippen LogP contribution < -0.4 is 10.6 Å². The number of nitrogens with zero attached hydrogens (tertiary/aromatic N) is 1. The van der Waals surface area contributed by atoms with Crippen molar-refractivity contribution < 1.29 is 9.00 Å². The van der Waals surface area contributed by atoms with Crippen LogP contribution in [0.4, 0.5) is 9.93 Å². The largest absolute Gasteiger partial charge is 0.334 e. The molecule has 22 heavy (non-hydrogen) atoms. The van der Waals surface area contributed by atoms with Gasteiger partial charge in [-0.3, -0.25) is 9.53 Å². The normalized spacial score (nSPS) is 13.4. The summed E-state index contributed by atoms with van der Waals surface area (Å²) in [6.07, 6.45) is 3.37. The molecule has 0 aliphatic rings. The van der Waals surface area contributed by atoms with Crippen molar-refractivity contribution in [3.8, 4) is 10.4 Å². The highest BCUT2D eigenvalue weighted by atomic mass is 32.2. The number of anilines is 1. The topological polar surface area (TPSA) is 71.1 Å². The highest BCUT2D eigenvalue weighted by Gasteiger charge is 2.12. The fraction of sp³-hybridized carbons (Fsp3) is 0.333. The molecule has 0 saturated carbocycles. The Morgan fingerprint density at radius 3 is 2.82 bits per heavy atom. The molecule has 1 aromatic heterocycles. The number of carbonyl (C=O) groups is 1. The second-order valence-corrected chi connectivity index (χ2v) is 7.59. The van der Waals surface area contributed by atoms with Crippen molar-refractivity contribution in [3.63, 3.8) is 0 Å². The second-order valence-electron chi connectivity index (χ2n) is 5.08. The third-order valence-electron chi connectivity index (χ3n) is 3.00. The Labute approximate surface area is 136 Å². The maximum atomic E-state index is 11.9. The van der Waals surface area contributed by atoms with Gasteiger partial charge >= 0.3 is 6.03 Å². The average Bonchev–Trinajstić information content (AvgIpc) is 2.86. The van der Waals surface area contributed by atoms with E-state index in [1.54, 1.807) is 12.5 Å². The molecule has 0 fully saturated rings. The van der Waals surface area contributed by atoms with Crippen LogP contribution in [0.5, 0.6) is 0 Å². The fourth-order valence-corrected chi connectivity index (χ4v) is 3.75. The van der Waals surface area contributed by atoms with Gasteiger partial charge in [0.15, 0.2) is 5.13 Å². The molecule has 0 spiro atoms. The lowest BCUT2D eigenvalue weighted by Gasteiger charge is -2.11. The summed E-state index contributed by atoms with van der Waals surface area (Å²) in [4.78, 5) is 17.1. The van der Waals surface area contributed by atoms with Crippen LogP contribution in [0.25, 0.3) is 10.4 Å². The number of carbonyl (C=O) groups excluding carboxylic acids is 1. The summed E-state index contributed by atoms with van der Waals surface area (Å²) in [6.45, 7) is 3.86. The molecule has 2 amide bonds. The molecule has 2 rings (SSSR count). The fourth-order valence-electron chi connectivity index (χ4n) is 2.06. The minimum absolute atomic E-state index is 0.151. The monoisotopic (exact) mass is 337 g/mol. The molecule has 2 N–H and O–H groups in total. The zero-order chi connectivity index (χ0) is 16.1. The number of rotatable bonds is 5. The molecular weight excluding hydrogens is 318 g/mol. The van der Waals surface area contributed by atoms with E-state index in [1.807, 2.05) is 38.1 Å². The highest BCUT2D eigenvalue weighted by molar-refractivity contribution is 7.84. The SMILES string of the molecule is Cc1ccccc1-c1cnc(NC(=O)N[C@H](C)C[S@@](C)=O)s1. The van der Waals surface area contributed by atoms with Crippen LogP contribution in [-0.2, 0) is 10.8 Å². The van der Waals surface area contributed by atoms with Crippen molar-refractivity contribution in [2.45, 2.75) is 19.9 Å². The molecule has 1 aromatic carbocycles. The van der Waals surface area contributed by atoms with Crippen molar-refractivity contribution in [2.75, 3.05) is 17.3 Å². The minimum atomic E-state index is -0.938. The summed E-state index contributed by atoms with van der Waals surface area (Å²) < 4.78 is 11.1. The Bertz CT molecular complexity index is 685. The predicted octanol–water partition coefficient (Wildman–Crippen LogP) is 3.01. The third kappa shape index (κ3) is 4.64. The van der Waals surface area contributed by atoms with Crippen LogP contribution in [0.1, 0.15) is 12.5 Å². The van der Waals surface area contributed by atoms with Crippen LogP contribution >= 0.6 is 11.3 Å². The number of thiazole rings is 1. The van der Waals surface area contributed by atoms with E-state index >= 15 is 0 Å². The van der Waals surface area contributed by atoms with Gasteiger partial charge in [0.25, 0.3) is 0 Å². The van der Waals surface area contributed by atoms with Gasteiger partial charge < -0.3 is 5.32 Å². The van der Waals surface area contributed by atoms with Crippen molar-refractivity contribution in [1.29, 1.82) is 0 Å². The molecule has 2 aromatic rings. The number of amides is 2. The number of hydrogen-bond donors (Lipinski definition) is 2. The first kappa shape index (κ1) is 16.6. The van der Waals surface area contributed by atoms with Gasteiger partial charge in [0.05, 0.1) is 4.88 Å². The van der Waals surface area contributed by atoms with Crippen molar-refractivity contribution in [2.24, 2.45) is 0 Å². The van der Waals surface area contributed by atoms with Gasteiger partial charge in [-0.05, 0) is 25.0 Å². The number of benzene rings is 1. The van der Waals surface area contributed by atoms with Crippen LogP contribution in [0.2, 0.25) is 0 Å². The van der Waals surface area contributed by atoms with Crippen molar-refractivity contribution >= 4 is 33.3 Å². The smallest absolute Gasteiger partial charge is 0.321 e. The first-order chi connectivity index (χ1) is 10.5. The van der Waals surface area contributed by atoms with Crippen LogP contribution in [-0.4, -0.2) is 33.3 Å². The summed E-state index contributed by atoms with van der Waals surface area (Å²) in [5, 5.41) is 6.00. The second kappa shape index (κ2) is 7.51. The van der Waals surface area contributed by atoms with E-state index in [0.717, 1.165) is 10.4 Å². The zero-order valence-corrected chi connectivity index (χ0v) is 14.4. The van der Waals surface area contributed by atoms with E-state index in [0.29, 0.717) is 10.9 Å². The molecule has 0 unspecified atom stereocenters. The molecule has 7 heteroatoms. The molecule has 0 aliphatic carbocycles. The first-order valence-electron chi connectivity index (χ1n) is 6.85. The van der Waals surface area contributed by atoms with Gasteiger partial charge in [-0.25, -0.2) is 9.78 Å². The molecule has 0 bridgehead atoms. The average molecular weight is 337 g/mol. The lowest BCUT2D eigenvalue weighted by Crippen LogP contribution is -2.39. The summed E-state index contributed by atoms with van der Waals surface area (Å²) >= 11 is 1.43. The summed E-state index contributed by atoms with van der Waals surface area (Å²) in [6, 6.07) is 7.57. The maximum Gasteiger partial charge on any atom is 0.321 e. The van der Waals surface area contributed by atoms with E-state index in [2.05, 4.69) is 15.6 Å². The van der Waals surface area contributed by atoms with E-state index < -0.39 is 10.8 Å². The Morgan fingerprint density at radius 2 is 2.14 bits per heavy atom. The molecule has 1 heterocycles. The Hall–Kier alpha value is -1.73. The molecule has 0 radical (unpaired) electrons. The molecule has 5 nitrogen and oxygen atoms in total. The lowest BCUT2D eigenvalue weighted by molar-refractivity contribution is 0.250. The van der Waals surface area contributed by atoms with E-state index in [4.69, 9.17) is 0 Å². The summed E-state index contributed by atoms with van der Waals surface area (Å²) in [5.41, 5.74) is 2.28. The quantitative estimate of drug-likeness (QED) is 0.881. The number of hydrogen-bond acceptors (Lipinski definition) is 4. The number of urea groups is 1. The van der Waals surface area contributed by atoms with E-state index in [1.165, 1.54) is 16.9 Å². The zero-order valence-electron chi connectivity index (χ0n) is 12.8. The van der Waals surface area contributed by atoms with Crippen molar-refractivity contribution in [1.82, 2.24) is 10.3 Å². The van der Waals surface area contributed by atoms with Gasteiger partial charge in [0.1, 0.15) is 0 Å². The Kier molecular flexibility index (Phi) is 5.68. The predicted molar refractivity (Wildman–Crippen MR) is 92.8 cm³/mol. The van der Waals surface area contributed by atoms with Crippen molar-refractivity contribution in [3.05, 3.63) is 36.0 Å². The summed E-state index contributed by atoms with van der Waals surface area (Å²) in [7, 11) is -0.938. The highest BCUT2D eigenvalue weighted by Crippen LogP contribution is 2.30. The molecule has 0 aliphatic heterocycles. The van der Waals surface area contributed by atoms with Gasteiger partial charge in [-0.1, -0.05) is 35.6 Å². The van der Waals surface area contributed by atoms with Crippen LogP contribution in [0, 0.1) is 6.92 Å². The Morgan fingerprint density at radius 1 is 1.41 bits per heavy atom. The number of aromatic nitrogens is 1. The Balaban J connectivity index is 1.99. The molecule has 0 saturated heterocycles. The molecule has 2 atom stereocenters. The van der Waals surface area contributed by atoms with Crippen LogP contribution in [0.3, 0.4) is 0 Å². The first-order valence-corrected chi connectivity index (χ1v) is 9.39. The van der Waals surface area contributed by atoms with Gasteiger partial charge in [-0.2, -0.15) is 0 Å². The van der Waals surface area contributed by atoms with E-state index in [-0.39, 0.29) is 12.1 Å². The third-order valence-corrected chi connectivity index (χ3v) is 4.91. The molecule has 118 valence electrons. The van der Waals surface area contributed by atoms with Crippen LogP contribution in [0.15, 0.2) is 30.5 Å². The minimum Gasteiger partial charge on any atom is -0.334 e. The van der Waals surface area contributed by atoms with E-state index in [9.17, 15) is 9.00 Å². The lowest BCUT2D eigenvalue weighted by atomic mass is 10.1. The van der Waals surface area contributed by atoms with Gasteiger partial charge in [0.2, 0.25) is 0 Å². The van der Waals surface area contributed by atoms with Gasteiger partial charge in [-0.15, -0.1) is 0 Å². The molecular formula is C15H19N3O2S2. The number of nitrogens with one attached hydrogen (secondary N) is 2.